The molecule has 88 valence electrons. The van der Waals surface area contributed by atoms with Crippen LogP contribution in [0.5, 0.6) is 0 Å². The van der Waals surface area contributed by atoms with Gasteiger partial charge in [0.25, 0.3) is 5.91 Å². The quantitative estimate of drug-likeness (QED) is 0.679. The highest BCUT2D eigenvalue weighted by molar-refractivity contribution is 5.93. The number of hydrogen-bond donors (Lipinski definition) is 3. The molecule has 16 heavy (non-hydrogen) atoms. The number of carbonyl (C=O) groups is 1. The van der Waals surface area contributed by atoms with Gasteiger partial charge in [-0.25, -0.2) is 0 Å². The summed E-state index contributed by atoms with van der Waals surface area (Å²) in [5.74, 6) is -0.312. The molecule has 0 fully saturated rings. The molecule has 0 saturated heterocycles. The van der Waals surface area contributed by atoms with Gasteiger partial charge in [-0.1, -0.05) is 13.8 Å². The van der Waals surface area contributed by atoms with Crippen LogP contribution in [0.4, 0.5) is 0 Å². The van der Waals surface area contributed by atoms with Crippen LogP contribution < -0.4 is 10.9 Å². The van der Waals surface area contributed by atoms with E-state index < -0.39 is 0 Å². The van der Waals surface area contributed by atoms with Crippen molar-refractivity contribution in [1.29, 1.82) is 0 Å². The Bertz CT molecular complexity index is 423. The van der Waals surface area contributed by atoms with E-state index in [-0.39, 0.29) is 23.5 Å². The topological polar surface area (TPSA) is 82.2 Å². The van der Waals surface area contributed by atoms with E-state index in [1.165, 1.54) is 18.3 Å². The van der Waals surface area contributed by atoms with Crippen molar-refractivity contribution in [2.75, 3.05) is 13.2 Å². The van der Waals surface area contributed by atoms with Gasteiger partial charge in [-0.15, -0.1) is 0 Å². The maximum Gasteiger partial charge on any atom is 0.251 e. The monoisotopic (exact) mass is 224 g/mol. The number of rotatable bonds is 4. The number of aliphatic hydroxyl groups excluding tert-OH is 1. The zero-order chi connectivity index (χ0) is 12.2. The zero-order valence-corrected chi connectivity index (χ0v) is 9.41. The molecule has 0 unspecified atom stereocenters. The first-order chi connectivity index (χ1) is 7.44. The fourth-order valence-corrected chi connectivity index (χ4v) is 1.06. The number of hydrogen-bond acceptors (Lipinski definition) is 3. The lowest BCUT2D eigenvalue weighted by atomic mass is 9.95. The van der Waals surface area contributed by atoms with Crippen LogP contribution in [0.15, 0.2) is 23.1 Å². The minimum absolute atomic E-state index is 0.0113. The molecule has 0 aromatic carbocycles. The molecule has 5 heteroatoms. The molecule has 1 rings (SSSR count). The van der Waals surface area contributed by atoms with Crippen LogP contribution in [0.25, 0.3) is 0 Å². The van der Waals surface area contributed by atoms with Crippen molar-refractivity contribution in [1.82, 2.24) is 10.3 Å². The van der Waals surface area contributed by atoms with E-state index in [2.05, 4.69) is 10.3 Å². The van der Waals surface area contributed by atoms with Crippen LogP contribution in [0, 0.1) is 5.41 Å². The fraction of sp³-hybridized carbons (Fsp3) is 0.455. The van der Waals surface area contributed by atoms with Crippen molar-refractivity contribution < 1.29 is 9.90 Å². The maximum absolute atomic E-state index is 11.6. The Morgan fingerprint density at radius 2 is 2.25 bits per heavy atom. The molecule has 0 aliphatic carbocycles. The standard InChI is InChI=1S/C11H16N2O3/c1-11(2,7-14)6-13-10(16)8-3-4-12-9(15)5-8/h3-5,14H,6-7H2,1-2H3,(H,12,15)(H,13,16). The van der Waals surface area contributed by atoms with Crippen LogP contribution in [-0.2, 0) is 0 Å². The van der Waals surface area contributed by atoms with E-state index in [9.17, 15) is 9.59 Å². The number of nitrogens with one attached hydrogen (secondary N) is 2. The van der Waals surface area contributed by atoms with Gasteiger partial charge in [-0.2, -0.15) is 0 Å². The SMILES string of the molecule is CC(C)(CO)CNC(=O)c1cc[nH]c(=O)c1. The molecule has 0 atom stereocenters. The van der Waals surface area contributed by atoms with E-state index in [1.54, 1.807) is 0 Å². The number of aromatic nitrogens is 1. The van der Waals surface area contributed by atoms with Gasteiger partial charge in [0.1, 0.15) is 0 Å². The van der Waals surface area contributed by atoms with Gasteiger partial charge in [0.15, 0.2) is 0 Å². The van der Waals surface area contributed by atoms with E-state index in [4.69, 9.17) is 5.11 Å². The summed E-state index contributed by atoms with van der Waals surface area (Å²) in [6.45, 7) is 4.02. The predicted octanol–water partition coefficient (Wildman–Crippen LogP) is 0.123. The van der Waals surface area contributed by atoms with Crippen molar-refractivity contribution in [3.63, 3.8) is 0 Å². The lowest BCUT2D eigenvalue weighted by Gasteiger charge is -2.21. The van der Waals surface area contributed by atoms with Crippen LogP contribution in [0.2, 0.25) is 0 Å². The molecule has 0 bridgehead atoms. The first kappa shape index (κ1) is 12.4. The van der Waals surface area contributed by atoms with Gasteiger partial charge in [0.05, 0.1) is 0 Å². The number of amides is 1. The van der Waals surface area contributed by atoms with Crippen molar-refractivity contribution >= 4 is 5.91 Å². The van der Waals surface area contributed by atoms with Crippen LogP contribution in [0.3, 0.4) is 0 Å². The minimum atomic E-state index is -0.364. The summed E-state index contributed by atoms with van der Waals surface area (Å²) in [4.78, 5) is 25.0. The van der Waals surface area contributed by atoms with Crippen molar-refractivity contribution in [2.45, 2.75) is 13.8 Å². The molecule has 0 radical (unpaired) electrons. The van der Waals surface area contributed by atoms with Gasteiger partial charge < -0.3 is 15.4 Å². The summed E-state index contributed by atoms with van der Waals surface area (Å²) >= 11 is 0. The molecule has 1 heterocycles. The summed E-state index contributed by atoms with van der Waals surface area (Å²) in [6, 6.07) is 2.77. The predicted molar refractivity (Wildman–Crippen MR) is 60.3 cm³/mol. The molecule has 0 spiro atoms. The van der Waals surface area contributed by atoms with E-state index in [0.29, 0.717) is 12.1 Å². The number of carbonyl (C=O) groups excluding carboxylic acids is 1. The molecular formula is C11H16N2O3. The molecule has 3 N–H and O–H groups in total. The molecular weight excluding hydrogens is 208 g/mol. The van der Waals surface area contributed by atoms with Crippen LogP contribution >= 0.6 is 0 Å². The second kappa shape index (κ2) is 4.94. The second-order valence-corrected chi connectivity index (χ2v) is 4.45. The van der Waals surface area contributed by atoms with Crippen molar-refractivity contribution in [2.24, 2.45) is 5.41 Å². The highest BCUT2D eigenvalue weighted by Crippen LogP contribution is 2.11. The Labute approximate surface area is 93.5 Å². The highest BCUT2D eigenvalue weighted by Gasteiger charge is 2.17. The smallest absolute Gasteiger partial charge is 0.251 e. The Morgan fingerprint density at radius 3 is 2.81 bits per heavy atom. The third-order valence-corrected chi connectivity index (χ3v) is 2.19. The minimum Gasteiger partial charge on any atom is -0.396 e. The van der Waals surface area contributed by atoms with Crippen LogP contribution in [-0.4, -0.2) is 29.1 Å². The lowest BCUT2D eigenvalue weighted by Crippen LogP contribution is -2.36. The highest BCUT2D eigenvalue weighted by atomic mass is 16.3. The largest absolute Gasteiger partial charge is 0.396 e. The Hall–Kier alpha value is -1.62. The first-order valence-corrected chi connectivity index (χ1v) is 5.02. The van der Waals surface area contributed by atoms with E-state index >= 15 is 0 Å². The van der Waals surface area contributed by atoms with Gasteiger partial charge >= 0.3 is 0 Å². The molecule has 1 aromatic rings. The van der Waals surface area contributed by atoms with Crippen molar-refractivity contribution in [3.8, 4) is 0 Å². The number of aromatic amines is 1. The van der Waals surface area contributed by atoms with Gasteiger partial charge in [-0.05, 0) is 6.07 Å². The first-order valence-electron chi connectivity index (χ1n) is 5.02. The van der Waals surface area contributed by atoms with Crippen molar-refractivity contribution in [3.05, 3.63) is 34.2 Å². The number of aliphatic hydroxyl groups is 1. The second-order valence-electron chi connectivity index (χ2n) is 4.45. The molecule has 0 aliphatic rings. The third kappa shape index (κ3) is 3.51. The zero-order valence-electron chi connectivity index (χ0n) is 9.41. The summed E-state index contributed by atoms with van der Waals surface area (Å²) in [5.41, 5.74) is -0.358. The van der Waals surface area contributed by atoms with Gasteiger partial charge in [-0.3, -0.25) is 9.59 Å². The normalized spacial score (nSPS) is 11.2. The summed E-state index contributed by atoms with van der Waals surface area (Å²) in [6.07, 6.45) is 1.43. The molecule has 5 nitrogen and oxygen atoms in total. The molecule has 1 aromatic heterocycles. The third-order valence-electron chi connectivity index (χ3n) is 2.19. The number of H-pyrrole nitrogens is 1. The van der Waals surface area contributed by atoms with E-state index in [0.717, 1.165) is 0 Å². The average Bonchev–Trinajstić information content (AvgIpc) is 2.26. The maximum atomic E-state index is 11.6. The lowest BCUT2D eigenvalue weighted by molar-refractivity contribution is 0.0911. The Morgan fingerprint density at radius 1 is 1.56 bits per heavy atom. The van der Waals surface area contributed by atoms with E-state index in [1.807, 2.05) is 13.8 Å². The Balaban J connectivity index is 2.63. The molecule has 0 aliphatic heterocycles. The van der Waals surface area contributed by atoms with Gasteiger partial charge in [0, 0.05) is 36.4 Å². The molecule has 1 amide bonds. The number of pyridine rings is 1. The summed E-state index contributed by atoms with van der Waals surface area (Å²) in [5, 5.41) is 11.7. The Kier molecular flexibility index (Phi) is 3.84. The van der Waals surface area contributed by atoms with Crippen LogP contribution in [0.1, 0.15) is 24.2 Å². The van der Waals surface area contributed by atoms with Gasteiger partial charge in [0.2, 0.25) is 5.56 Å². The summed E-state index contributed by atoms with van der Waals surface area (Å²) in [7, 11) is 0. The fourth-order valence-electron chi connectivity index (χ4n) is 1.06. The average molecular weight is 224 g/mol. The molecule has 0 saturated carbocycles. The summed E-state index contributed by atoms with van der Waals surface area (Å²) < 4.78 is 0.